The number of halogens is 2. The van der Waals surface area contributed by atoms with E-state index in [1.165, 1.54) is 12.1 Å². The molecule has 0 amide bonds. The summed E-state index contributed by atoms with van der Waals surface area (Å²) in [5.41, 5.74) is 0.849. The van der Waals surface area contributed by atoms with E-state index in [0.29, 0.717) is 11.6 Å². The van der Waals surface area contributed by atoms with Crippen LogP contribution in [0.25, 0.3) is 0 Å². The number of hydrogen-bond acceptors (Lipinski definition) is 2. The first-order valence-corrected chi connectivity index (χ1v) is 6.25. The van der Waals surface area contributed by atoms with Gasteiger partial charge in [-0.25, -0.2) is 4.39 Å². The van der Waals surface area contributed by atoms with Crippen molar-refractivity contribution < 1.29 is 9.13 Å². The molecule has 2 nitrogen and oxygen atoms in total. The van der Waals surface area contributed by atoms with Crippen molar-refractivity contribution >= 4 is 11.6 Å². The van der Waals surface area contributed by atoms with E-state index in [2.05, 4.69) is 12.2 Å². The molecule has 1 aromatic carbocycles. The molecule has 2 rings (SSSR count). The Kier molecular flexibility index (Phi) is 4.02. The number of hydrogen-bond donors (Lipinski definition) is 1. The Morgan fingerprint density at radius 1 is 1.53 bits per heavy atom. The first kappa shape index (κ1) is 12.8. The lowest BCUT2D eigenvalue weighted by atomic mass is 10.0. The number of benzene rings is 1. The van der Waals surface area contributed by atoms with Crippen LogP contribution in [0.3, 0.4) is 0 Å². The molecule has 0 aliphatic carbocycles. The van der Waals surface area contributed by atoms with E-state index < -0.39 is 0 Å². The normalized spacial score (nSPS) is 24.2. The van der Waals surface area contributed by atoms with Crippen molar-refractivity contribution in [1.29, 1.82) is 0 Å². The standard InChI is InChI=1S/C13H17ClFNO/c1-13(5-2-6-17-13)9-16-8-10-3-4-11(15)7-12(10)14/h3-4,7,16H,2,5-6,8-9H2,1H3. The molecule has 1 fully saturated rings. The summed E-state index contributed by atoms with van der Waals surface area (Å²) in [5, 5.41) is 3.78. The zero-order valence-corrected chi connectivity index (χ0v) is 10.7. The van der Waals surface area contributed by atoms with E-state index in [1.54, 1.807) is 6.07 Å². The van der Waals surface area contributed by atoms with Crippen LogP contribution in [0.2, 0.25) is 5.02 Å². The van der Waals surface area contributed by atoms with Gasteiger partial charge < -0.3 is 10.1 Å². The molecule has 0 aromatic heterocycles. The molecule has 1 N–H and O–H groups in total. The van der Waals surface area contributed by atoms with Gasteiger partial charge in [0.1, 0.15) is 5.82 Å². The summed E-state index contributed by atoms with van der Waals surface area (Å²) in [6.45, 7) is 4.38. The SMILES string of the molecule is CC1(CNCc2ccc(F)cc2Cl)CCCO1. The Balaban J connectivity index is 1.85. The molecule has 1 aromatic rings. The van der Waals surface area contributed by atoms with Gasteiger partial charge in [0.2, 0.25) is 0 Å². The van der Waals surface area contributed by atoms with Crippen molar-refractivity contribution in [2.45, 2.75) is 31.9 Å². The molecule has 0 spiro atoms. The van der Waals surface area contributed by atoms with Gasteiger partial charge in [0.25, 0.3) is 0 Å². The number of nitrogens with one attached hydrogen (secondary N) is 1. The largest absolute Gasteiger partial charge is 0.374 e. The molecule has 1 saturated heterocycles. The summed E-state index contributed by atoms with van der Waals surface area (Å²) < 4.78 is 18.5. The molecule has 1 aliphatic heterocycles. The summed E-state index contributed by atoms with van der Waals surface area (Å²) in [6, 6.07) is 4.48. The van der Waals surface area contributed by atoms with Crippen molar-refractivity contribution in [2.75, 3.05) is 13.2 Å². The van der Waals surface area contributed by atoms with Gasteiger partial charge in [-0.1, -0.05) is 17.7 Å². The van der Waals surface area contributed by atoms with Crippen LogP contribution in [0.5, 0.6) is 0 Å². The summed E-state index contributed by atoms with van der Waals surface area (Å²) in [5.74, 6) is -0.301. The maximum absolute atomic E-state index is 12.9. The fraction of sp³-hybridized carbons (Fsp3) is 0.538. The summed E-state index contributed by atoms with van der Waals surface area (Å²) in [7, 11) is 0. The van der Waals surface area contributed by atoms with Crippen LogP contribution in [-0.4, -0.2) is 18.8 Å². The summed E-state index contributed by atoms with van der Waals surface area (Å²) >= 11 is 5.95. The lowest BCUT2D eigenvalue weighted by molar-refractivity contribution is 0.0207. The van der Waals surface area contributed by atoms with Crippen molar-refractivity contribution in [3.63, 3.8) is 0 Å². The van der Waals surface area contributed by atoms with E-state index in [4.69, 9.17) is 16.3 Å². The molecule has 1 aliphatic rings. The molecule has 0 bridgehead atoms. The summed E-state index contributed by atoms with van der Waals surface area (Å²) in [6.07, 6.45) is 2.20. The average molecular weight is 258 g/mol. The number of rotatable bonds is 4. The topological polar surface area (TPSA) is 21.3 Å². The van der Waals surface area contributed by atoms with E-state index in [1.807, 2.05) is 0 Å². The van der Waals surface area contributed by atoms with E-state index >= 15 is 0 Å². The van der Waals surface area contributed by atoms with Crippen molar-refractivity contribution in [2.24, 2.45) is 0 Å². The maximum atomic E-state index is 12.9. The minimum atomic E-state index is -0.301. The Morgan fingerprint density at radius 2 is 2.35 bits per heavy atom. The highest BCUT2D eigenvalue weighted by molar-refractivity contribution is 6.31. The van der Waals surface area contributed by atoms with Gasteiger partial charge in [-0.3, -0.25) is 0 Å². The predicted molar refractivity (Wildman–Crippen MR) is 66.7 cm³/mol. The maximum Gasteiger partial charge on any atom is 0.124 e. The molecule has 17 heavy (non-hydrogen) atoms. The highest BCUT2D eigenvalue weighted by Gasteiger charge is 2.28. The average Bonchev–Trinajstić information content (AvgIpc) is 2.69. The smallest absolute Gasteiger partial charge is 0.124 e. The Hall–Kier alpha value is -0.640. The number of ether oxygens (including phenoxy) is 1. The van der Waals surface area contributed by atoms with Crippen LogP contribution in [0, 0.1) is 5.82 Å². The van der Waals surface area contributed by atoms with Crippen molar-refractivity contribution in [3.05, 3.63) is 34.6 Å². The minimum Gasteiger partial charge on any atom is -0.374 e. The summed E-state index contributed by atoms with van der Waals surface area (Å²) in [4.78, 5) is 0. The zero-order valence-electron chi connectivity index (χ0n) is 9.93. The third-order valence-electron chi connectivity index (χ3n) is 3.13. The van der Waals surface area contributed by atoms with Crippen LogP contribution in [0.4, 0.5) is 4.39 Å². The zero-order chi connectivity index (χ0) is 12.3. The molecule has 0 radical (unpaired) electrons. The second-order valence-corrected chi connectivity index (χ2v) is 5.15. The fourth-order valence-electron chi connectivity index (χ4n) is 2.10. The molecule has 1 heterocycles. The molecule has 1 atom stereocenters. The van der Waals surface area contributed by atoms with Crippen LogP contribution >= 0.6 is 11.6 Å². The van der Waals surface area contributed by atoms with Gasteiger partial charge in [-0.2, -0.15) is 0 Å². The molecular formula is C13H17ClFNO. The third-order valence-corrected chi connectivity index (χ3v) is 3.48. The Labute approximate surface area is 106 Å². The monoisotopic (exact) mass is 257 g/mol. The first-order valence-electron chi connectivity index (χ1n) is 5.88. The van der Waals surface area contributed by atoms with Crippen LogP contribution in [-0.2, 0) is 11.3 Å². The Bertz CT molecular complexity index is 391. The fourth-order valence-corrected chi connectivity index (χ4v) is 2.34. The highest BCUT2D eigenvalue weighted by atomic mass is 35.5. The molecule has 0 saturated carbocycles. The van der Waals surface area contributed by atoms with Crippen LogP contribution < -0.4 is 5.32 Å². The molecule has 4 heteroatoms. The van der Waals surface area contributed by atoms with Crippen LogP contribution in [0.1, 0.15) is 25.3 Å². The van der Waals surface area contributed by atoms with Crippen molar-refractivity contribution in [3.8, 4) is 0 Å². The second-order valence-electron chi connectivity index (χ2n) is 4.74. The van der Waals surface area contributed by atoms with Gasteiger partial charge in [0, 0.05) is 24.7 Å². The van der Waals surface area contributed by atoms with Gasteiger partial charge in [0.15, 0.2) is 0 Å². The quantitative estimate of drug-likeness (QED) is 0.895. The second kappa shape index (κ2) is 5.34. The van der Waals surface area contributed by atoms with E-state index in [-0.39, 0.29) is 11.4 Å². The van der Waals surface area contributed by atoms with Gasteiger partial charge in [0.05, 0.1) is 5.60 Å². The highest BCUT2D eigenvalue weighted by Crippen LogP contribution is 2.24. The minimum absolute atomic E-state index is 0.0630. The lowest BCUT2D eigenvalue weighted by Crippen LogP contribution is -2.36. The van der Waals surface area contributed by atoms with Crippen molar-refractivity contribution in [1.82, 2.24) is 5.32 Å². The molecule has 94 valence electrons. The van der Waals surface area contributed by atoms with E-state index in [9.17, 15) is 4.39 Å². The van der Waals surface area contributed by atoms with Crippen LogP contribution in [0.15, 0.2) is 18.2 Å². The van der Waals surface area contributed by atoms with Gasteiger partial charge in [-0.05, 0) is 37.5 Å². The first-order chi connectivity index (χ1) is 8.09. The molecule has 1 unspecified atom stereocenters. The third kappa shape index (κ3) is 3.41. The van der Waals surface area contributed by atoms with Gasteiger partial charge in [-0.15, -0.1) is 0 Å². The van der Waals surface area contributed by atoms with Gasteiger partial charge >= 0.3 is 0 Å². The van der Waals surface area contributed by atoms with E-state index in [0.717, 1.165) is 31.6 Å². The predicted octanol–water partition coefficient (Wildman–Crippen LogP) is 3.14. The Morgan fingerprint density at radius 3 is 3.00 bits per heavy atom. The lowest BCUT2D eigenvalue weighted by Gasteiger charge is -2.23. The molecular weight excluding hydrogens is 241 g/mol.